The van der Waals surface area contributed by atoms with Gasteiger partial charge in [0, 0.05) is 18.2 Å². The highest BCUT2D eigenvalue weighted by Gasteiger charge is 2.26. The Kier molecular flexibility index (Phi) is 3.74. The van der Waals surface area contributed by atoms with Crippen LogP contribution in [0.2, 0.25) is 0 Å². The molecule has 2 aromatic heterocycles. The van der Waals surface area contributed by atoms with E-state index in [9.17, 15) is 9.59 Å². The number of amides is 1. The van der Waals surface area contributed by atoms with Crippen LogP contribution in [0.15, 0.2) is 17.3 Å². The van der Waals surface area contributed by atoms with E-state index in [2.05, 4.69) is 25.5 Å². The second kappa shape index (κ2) is 5.70. The molecule has 1 aliphatic rings. The van der Waals surface area contributed by atoms with Crippen LogP contribution < -0.4 is 10.9 Å². The standard InChI is InChI=1S/C14H18N6O2/c1-8(2)20-7-17-19-11(20)6-16-13(21)10-5-15-12(9-3-4-9)18-14(10)22/h5,7-9H,3-4,6H2,1-2H3,(H,16,21)(H,15,18,22). The molecule has 8 heteroatoms. The van der Waals surface area contributed by atoms with Crippen LogP contribution in [0.4, 0.5) is 0 Å². The van der Waals surface area contributed by atoms with Crippen molar-refractivity contribution < 1.29 is 4.79 Å². The molecule has 0 atom stereocenters. The summed E-state index contributed by atoms with van der Waals surface area (Å²) in [7, 11) is 0. The lowest BCUT2D eigenvalue weighted by Crippen LogP contribution is -2.31. The Labute approximate surface area is 127 Å². The average molecular weight is 302 g/mol. The molecule has 8 nitrogen and oxygen atoms in total. The molecule has 0 spiro atoms. The van der Waals surface area contributed by atoms with Crippen molar-refractivity contribution in [2.24, 2.45) is 0 Å². The maximum absolute atomic E-state index is 12.1. The van der Waals surface area contributed by atoms with Gasteiger partial charge in [0.2, 0.25) is 0 Å². The first-order valence-corrected chi connectivity index (χ1v) is 7.32. The van der Waals surface area contributed by atoms with Crippen molar-refractivity contribution >= 4 is 5.91 Å². The van der Waals surface area contributed by atoms with Crippen molar-refractivity contribution in [3.63, 3.8) is 0 Å². The molecular weight excluding hydrogens is 284 g/mol. The summed E-state index contributed by atoms with van der Waals surface area (Å²) in [6.45, 7) is 4.21. The molecule has 3 rings (SSSR count). The van der Waals surface area contributed by atoms with Gasteiger partial charge in [-0.25, -0.2) is 4.98 Å². The second-order valence-electron chi connectivity index (χ2n) is 5.72. The maximum Gasteiger partial charge on any atom is 0.263 e. The van der Waals surface area contributed by atoms with Crippen LogP contribution in [0.5, 0.6) is 0 Å². The summed E-state index contributed by atoms with van der Waals surface area (Å²) >= 11 is 0. The monoisotopic (exact) mass is 302 g/mol. The lowest BCUT2D eigenvalue weighted by atomic mass is 10.3. The Morgan fingerprint density at radius 3 is 2.91 bits per heavy atom. The van der Waals surface area contributed by atoms with Crippen molar-refractivity contribution in [3.8, 4) is 0 Å². The zero-order valence-electron chi connectivity index (χ0n) is 12.5. The third-order valence-electron chi connectivity index (χ3n) is 3.64. The zero-order valence-corrected chi connectivity index (χ0v) is 12.5. The molecule has 2 aromatic rings. The van der Waals surface area contributed by atoms with Gasteiger partial charge in [-0.15, -0.1) is 10.2 Å². The highest BCUT2D eigenvalue weighted by molar-refractivity contribution is 5.93. The molecule has 0 saturated heterocycles. The summed E-state index contributed by atoms with van der Waals surface area (Å²) in [4.78, 5) is 30.9. The summed E-state index contributed by atoms with van der Waals surface area (Å²) < 4.78 is 1.86. The Hall–Kier alpha value is -2.51. The quantitative estimate of drug-likeness (QED) is 0.847. The molecule has 1 fully saturated rings. The molecule has 116 valence electrons. The van der Waals surface area contributed by atoms with Gasteiger partial charge in [-0.05, 0) is 26.7 Å². The number of hydrogen-bond donors (Lipinski definition) is 2. The first-order valence-electron chi connectivity index (χ1n) is 7.32. The predicted octanol–water partition coefficient (Wildman–Crippen LogP) is 0.750. The Balaban J connectivity index is 1.69. The minimum Gasteiger partial charge on any atom is -0.345 e. The summed E-state index contributed by atoms with van der Waals surface area (Å²) in [6.07, 6.45) is 5.04. The Morgan fingerprint density at radius 1 is 1.50 bits per heavy atom. The van der Waals surface area contributed by atoms with E-state index in [1.807, 2.05) is 18.4 Å². The number of nitrogens with one attached hydrogen (secondary N) is 2. The first-order chi connectivity index (χ1) is 10.6. The van der Waals surface area contributed by atoms with Gasteiger partial charge in [0.05, 0.1) is 6.54 Å². The molecule has 0 aromatic carbocycles. The largest absolute Gasteiger partial charge is 0.345 e. The van der Waals surface area contributed by atoms with E-state index >= 15 is 0 Å². The van der Waals surface area contributed by atoms with Gasteiger partial charge in [-0.1, -0.05) is 0 Å². The zero-order chi connectivity index (χ0) is 15.7. The average Bonchev–Trinajstić information content (AvgIpc) is 3.22. The van der Waals surface area contributed by atoms with E-state index in [4.69, 9.17) is 0 Å². The van der Waals surface area contributed by atoms with Gasteiger partial charge in [-0.2, -0.15) is 0 Å². The molecule has 2 N–H and O–H groups in total. The van der Waals surface area contributed by atoms with E-state index in [0.717, 1.165) is 12.8 Å². The predicted molar refractivity (Wildman–Crippen MR) is 78.4 cm³/mol. The van der Waals surface area contributed by atoms with Gasteiger partial charge in [0.25, 0.3) is 11.5 Å². The lowest BCUT2D eigenvalue weighted by molar-refractivity contribution is 0.0947. The fourth-order valence-corrected chi connectivity index (χ4v) is 2.21. The molecule has 2 heterocycles. The highest BCUT2D eigenvalue weighted by atomic mass is 16.2. The number of aromatic nitrogens is 5. The fourth-order valence-electron chi connectivity index (χ4n) is 2.21. The van der Waals surface area contributed by atoms with E-state index in [-0.39, 0.29) is 18.2 Å². The number of H-pyrrole nitrogens is 1. The summed E-state index contributed by atoms with van der Waals surface area (Å²) in [6, 6.07) is 0.199. The SMILES string of the molecule is CC(C)n1cnnc1CNC(=O)c1cnc(C2CC2)[nH]c1=O. The minimum atomic E-state index is -0.464. The smallest absolute Gasteiger partial charge is 0.263 e. The number of carbonyl (C=O) groups excluding carboxylic acids is 1. The Bertz CT molecular complexity index is 744. The molecule has 0 bridgehead atoms. The molecule has 1 amide bonds. The second-order valence-corrected chi connectivity index (χ2v) is 5.72. The molecule has 22 heavy (non-hydrogen) atoms. The molecule has 0 radical (unpaired) electrons. The Morgan fingerprint density at radius 2 is 2.27 bits per heavy atom. The third-order valence-corrected chi connectivity index (χ3v) is 3.64. The summed E-state index contributed by atoms with van der Waals surface area (Å²) in [5.74, 6) is 1.19. The number of aromatic amines is 1. The molecular formula is C14H18N6O2. The van der Waals surface area contributed by atoms with Crippen molar-refractivity contribution in [2.75, 3.05) is 0 Å². The van der Waals surface area contributed by atoms with Gasteiger partial charge >= 0.3 is 0 Å². The fraction of sp³-hybridized carbons (Fsp3) is 0.500. The van der Waals surface area contributed by atoms with Crippen LogP contribution in [0.3, 0.4) is 0 Å². The van der Waals surface area contributed by atoms with Crippen LogP contribution in [-0.2, 0) is 6.54 Å². The van der Waals surface area contributed by atoms with Crippen molar-refractivity contribution in [1.29, 1.82) is 0 Å². The number of carbonyl (C=O) groups is 1. The van der Waals surface area contributed by atoms with Crippen LogP contribution in [0.25, 0.3) is 0 Å². The van der Waals surface area contributed by atoms with Crippen LogP contribution >= 0.6 is 0 Å². The van der Waals surface area contributed by atoms with E-state index < -0.39 is 11.5 Å². The molecule has 0 unspecified atom stereocenters. The van der Waals surface area contributed by atoms with Crippen molar-refractivity contribution in [2.45, 2.75) is 45.2 Å². The lowest BCUT2D eigenvalue weighted by Gasteiger charge is -2.10. The van der Waals surface area contributed by atoms with E-state index in [1.165, 1.54) is 6.20 Å². The molecule has 1 saturated carbocycles. The van der Waals surface area contributed by atoms with Crippen molar-refractivity contribution in [3.05, 3.63) is 40.1 Å². The maximum atomic E-state index is 12.1. The summed E-state index contributed by atoms with van der Waals surface area (Å²) in [5.41, 5.74) is -0.389. The van der Waals surface area contributed by atoms with Crippen LogP contribution in [-0.4, -0.2) is 30.6 Å². The minimum absolute atomic E-state index is 0.0139. The first kappa shape index (κ1) is 14.4. The molecule has 1 aliphatic carbocycles. The van der Waals surface area contributed by atoms with Gasteiger partial charge in [0.1, 0.15) is 17.7 Å². The van der Waals surface area contributed by atoms with Crippen molar-refractivity contribution in [1.82, 2.24) is 30.0 Å². The third kappa shape index (κ3) is 2.90. The van der Waals surface area contributed by atoms with E-state index in [0.29, 0.717) is 17.6 Å². The van der Waals surface area contributed by atoms with Gasteiger partial charge < -0.3 is 14.9 Å². The number of nitrogens with zero attached hydrogens (tertiary/aromatic N) is 4. The van der Waals surface area contributed by atoms with E-state index in [1.54, 1.807) is 6.33 Å². The number of rotatable bonds is 5. The van der Waals surface area contributed by atoms with Crippen LogP contribution in [0.1, 0.15) is 60.7 Å². The summed E-state index contributed by atoms with van der Waals surface area (Å²) in [5, 5.41) is 10.5. The molecule has 0 aliphatic heterocycles. The van der Waals surface area contributed by atoms with Crippen LogP contribution in [0, 0.1) is 0 Å². The topological polar surface area (TPSA) is 106 Å². The number of hydrogen-bond acceptors (Lipinski definition) is 5. The normalized spacial score (nSPS) is 14.3. The highest BCUT2D eigenvalue weighted by Crippen LogP contribution is 2.37. The van der Waals surface area contributed by atoms with Gasteiger partial charge in [0.15, 0.2) is 5.82 Å². The van der Waals surface area contributed by atoms with Gasteiger partial charge in [-0.3, -0.25) is 9.59 Å².